The van der Waals surface area contributed by atoms with E-state index >= 15 is 0 Å². The quantitative estimate of drug-likeness (QED) is 0.268. The Morgan fingerprint density at radius 3 is 2.00 bits per heavy atom. The number of ether oxygens (including phenoxy) is 1. The van der Waals surface area contributed by atoms with Crippen LogP contribution in [0.25, 0.3) is 0 Å². The van der Waals surface area contributed by atoms with Crippen LogP contribution in [0.2, 0.25) is 0 Å². The minimum atomic E-state index is 0.118. The molecule has 0 fully saturated rings. The van der Waals surface area contributed by atoms with E-state index in [-0.39, 0.29) is 12.6 Å². The van der Waals surface area contributed by atoms with Gasteiger partial charge in [0, 0.05) is 25.9 Å². The summed E-state index contributed by atoms with van der Waals surface area (Å²) >= 11 is 0. The Hall–Kier alpha value is -0.900. The number of rotatable bonds is 19. The summed E-state index contributed by atoms with van der Waals surface area (Å²) in [6.07, 6.45) is 16.4. The maximum atomic E-state index is 8.83. The minimum absolute atomic E-state index is 0.118. The molecule has 1 aromatic rings. The normalized spacial score (nSPS) is 13.5. The molecule has 0 aliphatic rings. The molecule has 0 saturated heterocycles. The second-order valence-corrected chi connectivity index (χ2v) is 8.15. The fraction of sp³-hybridized carbons (Fsp3) is 0.760. The van der Waals surface area contributed by atoms with Crippen molar-refractivity contribution in [2.45, 2.75) is 96.4 Å². The molecular formula is C25H45NO2. The summed E-state index contributed by atoms with van der Waals surface area (Å²) in [6.45, 7) is 3.91. The highest BCUT2D eigenvalue weighted by atomic mass is 16.5. The molecule has 162 valence electrons. The first-order valence-corrected chi connectivity index (χ1v) is 11.8. The van der Waals surface area contributed by atoms with Crippen molar-refractivity contribution in [2.75, 3.05) is 19.8 Å². The number of hydrogen-bond donors (Lipinski definition) is 2. The topological polar surface area (TPSA) is 55.5 Å². The molecule has 0 aromatic heterocycles. The first-order chi connectivity index (χ1) is 13.8. The van der Waals surface area contributed by atoms with Crippen molar-refractivity contribution in [2.24, 2.45) is 11.7 Å². The Balaban J connectivity index is 2.28. The van der Waals surface area contributed by atoms with Crippen LogP contribution >= 0.6 is 0 Å². The van der Waals surface area contributed by atoms with Gasteiger partial charge in [-0.25, -0.2) is 0 Å². The number of unbranched alkanes of at least 4 members (excludes halogenated alkanes) is 8. The van der Waals surface area contributed by atoms with E-state index in [0.717, 1.165) is 25.9 Å². The standard InChI is InChI=1S/C25H45NO2/c1-2-3-4-5-6-7-8-9-11-16-24(19-14-21-28-22-15-20-27)25(26)23-17-12-10-13-18-23/h10,12-13,17-18,24-25,27H,2-9,11,14-16,19-22,26H2,1H3. The SMILES string of the molecule is CCCCCCCCCCCC(CCCOCCCO)C(N)c1ccccc1. The molecule has 0 amide bonds. The van der Waals surface area contributed by atoms with Crippen LogP contribution in [0.4, 0.5) is 0 Å². The third-order valence-electron chi connectivity index (χ3n) is 5.68. The summed E-state index contributed by atoms with van der Waals surface area (Å²) in [5.74, 6) is 0.522. The van der Waals surface area contributed by atoms with Crippen molar-refractivity contribution in [3.63, 3.8) is 0 Å². The Bertz CT molecular complexity index is 437. The van der Waals surface area contributed by atoms with Gasteiger partial charge < -0.3 is 15.6 Å². The lowest BCUT2D eigenvalue weighted by Gasteiger charge is -2.24. The van der Waals surface area contributed by atoms with E-state index < -0.39 is 0 Å². The summed E-state index contributed by atoms with van der Waals surface area (Å²) in [5.41, 5.74) is 7.89. The molecule has 2 unspecified atom stereocenters. The van der Waals surface area contributed by atoms with Crippen molar-refractivity contribution < 1.29 is 9.84 Å². The van der Waals surface area contributed by atoms with E-state index in [1.54, 1.807) is 0 Å². The molecule has 3 heteroatoms. The van der Waals surface area contributed by atoms with Gasteiger partial charge in [-0.1, -0.05) is 95.0 Å². The zero-order valence-electron chi connectivity index (χ0n) is 18.3. The Kier molecular flexibility index (Phi) is 16.3. The molecule has 28 heavy (non-hydrogen) atoms. The van der Waals surface area contributed by atoms with Crippen molar-refractivity contribution in [1.29, 1.82) is 0 Å². The van der Waals surface area contributed by atoms with Gasteiger partial charge in [-0.15, -0.1) is 0 Å². The van der Waals surface area contributed by atoms with Gasteiger partial charge in [0.05, 0.1) is 0 Å². The predicted molar refractivity (Wildman–Crippen MR) is 120 cm³/mol. The van der Waals surface area contributed by atoms with Crippen LogP contribution in [0.1, 0.15) is 102 Å². The first kappa shape index (κ1) is 25.1. The summed E-state index contributed by atoms with van der Waals surface area (Å²) in [6, 6.07) is 10.7. The number of nitrogens with two attached hydrogens (primary N) is 1. The maximum Gasteiger partial charge on any atom is 0.0487 e. The maximum absolute atomic E-state index is 8.83. The molecule has 1 rings (SSSR count). The third kappa shape index (κ3) is 12.5. The molecule has 0 saturated carbocycles. The first-order valence-electron chi connectivity index (χ1n) is 11.8. The Labute approximate surface area is 174 Å². The average molecular weight is 392 g/mol. The van der Waals surface area contributed by atoms with Crippen LogP contribution in [0.5, 0.6) is 0 Å². The summed E-state index contributed by atoms with van der Waals surface area (Å²) in [7, 11) is 0. The summed E-state index contributed by atoms with van der Waals surface area (Å²) < 4.78 is 5.61. The molecule has 3 nitrogen and oxygen atoms in total. The van der Waals surface area contributed by atoms with Gasteiger partial charge in [0.1, 0.15) is 0 Å². The molecule has 0 aliphatic heterocycles. The second kappa shape index (κ2) is 18.1. The van der Waals surface area contributed by atoms with Gasteiger partial charge >= 0.3 is 0 Å². The van der Waals surface area contributed by atoms with Crippen molar-refractivity contribution in [3.05, 3.63) is 35.9 Å². The van der Waals surface area contributed by atoms with Gasteiger partial charge in [-0.2, -0.15) is 0 Å². The van der Waals surface area contributed by atoms with E-state index in [1.165, 1.54) is 69.8 Å². The average Bonchev–Trinajstić information content (AvgIpc) is 2.73. The highest BCUT2D eigenvalue weighted by molar-refractivity contribution is 5.19. The van der Waals surface area contributed by atoms with Crippen molar-refractivity contribution in [3.8, 4) is 0 Å². The van der Waals surface area contributed by atoms with Crippen LogP contribution in [0.15, 0.2) is 30.3 Å². The van der Waals surface area contributed by atoms with Gasteiger partial charge in [-0.3, -0.25) is 0 Å². The fourth-order valence-corrected chi connectivity index (χ4v) is 3.88. The summed E-state index contributed by atoms with van der Waals surface area (Å²) in [4.78, 5) is 0. The van der Waals surface area contributed by atoms with Crippen LogP contribution in [0.3, 0.4) is 0 Å². The lowest BCUT2D eigenvalue weighted by atomic mass is 9.86. The van der Waals surface area contributed by atoms with Gasteiger partial charge in [0.15, 0.2) is 0 Å². The molecule has 0 aliphatic carbocycles. The molecule has 3 N–H and O–H groups in total. The van der Waals surface area contributed by atoms with Gasteiger partial charge in [-0.05, 0) is 37.2 Å². The van der Waals surface area contributed by atoms with Gasteiger partial charge in [0.2, 0.25) is 0 Å². The molecule has 0 radical (unpaired) electrons. The highest BCUT2D eigenvalue weighted by Gasteiger charge is 2.18. The smallest absolute Gasteiger partial charge is 0.0487 e. The van der Waals surface area contributed by atoms with Gasteiger partial charge in [0.25, 0.3) is 0 Å². The number of hydrogen-bond acceptors (Lipinski definition) is 3. The number of aliphatic hydroxyl groups is 1. The van der Waals surface area contributed by atoms with Crippen molar-refractivity contribution in [1.82, 2.24) is 0 Å². The summed E-state index contributed by atoms with van der Waals surface area (Å²) in [5, 5.41) is 8.83. The van der Waals surface area contributed by atoms with Crippen molar-refractivity contribution >= 4 is 0 Å². The zero-order chi connectivity index (χ0) is 20.3. The van der Waals surface area contributed by atoms with Crippen LogP contribution in [-0.2, 0) is 4.74 Å². The van der Waals surface area contributed by atoms with Crippen LogP contribution in [0, 0.1) is 5.92 Å². The van der Waals surface area contributed by atoms with E-state index in [9.17, 15) is 0 Å². The lowest BCUT2D eigenvalue weighted by molar-refractivity contribution is 0.108. The van der Waals surface area contributed by atoms with E-state index in [4.69, 9.17) is 15.6 Å². The molecular weight excluding hydrogens is 346 g/mol. The molecule has 0 bridgehead atoms. The Morgan fingerprint density at radius 2 is 1.36 bits per heavy atom. The van der Waals surface area contributed by atoms with E-state index in [0.29, 0.717) is 12.5 Å². The Morgan fingerprint density at radius 1 is 0.786 bits per heavy atom. The largest absolute Gasteiger partial charge is 0.396 e. The molecule has 1 aromatic carbocycles. The molecule has 0 spiro atoms. The highest BCUT2D eigenvalue weighted by Crippen LogP contribution is 2.28. The number of aliphatic hydroxyl groups excluding tert-OH is 1. The van der Waals surface area contributed by atoms with E-state index in [1.807, 2.05) is 0 Å². The fourth-order valence-electron chi connectivity index (χ4n) is 3.88. The molecule has 0 heterocycles. The minimum Gasteiger partial charge on any atom is -0.396 e. The number of benzene rings is 1. The molecule has 2 atom stereocenters. The predicted octanol–water partition coefficient (Wildman–Crippen LogP) is 6.40. The second-order valence-electron chi connectivity index (χ2n) is 8.15. The zero-order valence-corrected chi connectivity index (χ0v) is 18.3. The van der Waals surface area contributed by atoms with E-state index in [2.05, 4.69) is 37.3 Å². The van der Waals surface area contributed by atoms with Crippen LogP contribution < -0.4 is 5.73 Å². The van der Waals surface area contributed by atoms with Crippen LogP contribution in [-0.4, -0.2) is 24.9 Å². The lowest BCUT2D eigenvalue weighted by Crippen LogP contribution is -2.22. The third-order valence-corrected chi connectivity index (χ3v) is 5.68. The monoisotopic (exact) mass is 391 g/mol.